The van der Waals surface area contributed by atoms with Gasteiger partial charge in [-0.1, -0.05) is 91.0 Å². The molecule has 1 aliphatic carbocycles. The highest BCUT2D eigenvalue weighted by molar-refractivity contribution is 5.92. The summed E-state index contributed by atoms with van der Waals surface area (Å²) in [5.74, 6) is -4.08. The molecule has 0 aromatic heterocycles. The number of hydrogen-bond donors (Lipinski definition) is 0. The van der Waals surface area contributed by atoms with Gasteiger partial charge in [0, 0.05) is 5.57 Å². The van der Waals surface area contributed by atoms with Crippen molar-refractivity contribution in [2.75, 3.05) is 6.61 Å². The van der Waals surface area contributed by atoms with Gasteiger partial charge in [-0.2, -0.15) is 0 Å². The maximum Gasteiger partial charge on any atom is 0.338 e. The third-order valence-electron chi connectivity index (χ3n) is 7.99. The summed E-state index contributed by atoms with van der Waals surface area (Å²) >= 11 is 0. The van der Waals surface area contributed by atoms with E-state index in [0.717, 1.165) is 0 Å². The van der Waals surface area contributed by atoms with E-state index in [9.17, 15) is 24.0 Å². The highest BCUT2D eigenvalue weighted by atomic mass is 16.7. The van der Waals surface area contributed by atoms with Crippen LogP contribution in [0.25, 0.3) is 0 Å². The van der Waals surface area contributed by atoms with Crippen LogP contribution >= 0.6 is 0 Å². The molecule has 0 amide bonds. The van der Waals surface area contributed by atoms with Crippen molar-refractivity contribution in [2.24, 2.45) is 0 Å². The molecule has 4 aromatic rings. The summed E-state index contributed by atoms with van der Waals surface area (Å²) in [6.07, 6.45) is -2.69. The molecule has 0 radical (unpaired) electrons. The fraction of sp³-hybridized carbons (Fsp3) is 0.175. The molecule has 51 heavy (non-hydrogen) atoms. The van der Waals surface area contributed by atoms with Crippen LogP contribution in [0, 0.1) is 0 Å². The predicted molar refractivity (Wildman–Crippen MR) is 180 cm³/mol. The number of hydrogen-bond acceptors (Lipinski definition) is 11. The molecule has 0 N–H and O–H groups in total. The quantitative estimate of drug-likeness (QED) is 0.142. The fourth-order valence-electron chi connectivity index (χ4n) is 5.40. The average Bonchev–Trinajstić information content (AvgIpc) is 3.73. The number of ether oxygens (including phenoxy) is 6. The Bertz CT molecular complexity index is 1910. The highest BCUT2D eigenvalue weighted by Gasteiger charge is 2.54. The van der Waals surface area contributed by atoms with Crippen LogP contribution in [0.4, 0.5) is 0 Å². The molecule has 1 heterocycles. The maximum atomic E-state index is 13.7. The Morgan fingerprint density at radius 3 is 1.39 bits per heavy atom. The molecule has 1 aliphatic heterocycles. The summed E-state index contributed by atoms with van der Waals surface area (Å²) < 4.78 is 35.5. The van der Waals surface area contributed by atoms with Gasteiger partial charge in [0.15, 0.2) is 12.2 Å². The van der Waals surface area contributed by atoms with Gasteiger partial charge in [0.05, 0.1) is 22.3 Å². The van der Waals surface area contributed by atoms with E-state index in [1.807, 2.05) is 0 Å². The van der Waals surface area contributed by atoms with Crippen molar-refractivity contribution in [2.45, 2.75) is 37.1 Å². The maximum absolute atomic E-state index is 13.7. The predicted octanol–water partition coefficient (Wildman–Crippen LogP) is 5.67. The van der Waals surface area contributed by atoms with E-state index in [-0.39, 0.29) is 34.2 Å². The second kappa shape index (κ2) is 16.4. The Balaban J connectivity index is 1.40. The lowest BCUT2D eigenvalue weighted by Crippen LogP contribution is -2.63. The van der Waals surface area contributed by atoms with Crippen LogP contribution in [0.2, 0.25) is 0 Å². The normalized spacial score (nSPS) is 20.7. The number of esters is 5. The van der Waals surface area contributed by atoms with Crippen molar-refractivity contribution in [1.82, 2.24) is 0 Å². The summed E-state index contributed by atoms with van der Waals surface area (Å²) in [5, 5.41) is 0. The van der Waals surface area contributed by atoms with Crippen LogP contribution in [-0.4, -0.2) is 67.2 Å². The molecule has 4 aromatic carbocycles. The largest absolute Gasteiger partial charge is 0.459 e. The second-order valence-corrected chi connectivity index (χ2v) is 11.4. The zero-order valence-electron chi connectivity index (χ0n) is 27.1. The molecular formula is C40H32O11. The molecule has 1 saturated heterocycles. The van der Waals surface area contributed by atoms with Crippen LogP contribution in [0.3, 0.4) is 0 Å². The summed E-state index contributed by atoms with van der Waals surface area (Å²) in [5.41, 5.74) is 0.937. The molecule has 11 nitrogen and oxygen atoms in total. The Morgan fingerprint density at radius 1 is 0.510 bits per heavy atom. The van der Waals surface area contributed by atoms with Gasteiger partial charge in [0.1, 0.15) is 12.7 Å². The standard InChI is InChI=1S/C40H32O11/c41-35(26-15-5-1-6-16-26)46-25-31-32(48-36(42)27-17-7-2-8-18-27)33(49-37(43)28-19-9-3-10-20-28)34(50-38(44)29-21-11-4-12-22-29)40(47-31)51-39(45)30-23-13-14-24-30/h1-23,31-34,40H,24-25H2/t31-,32-,33+,34-,40+/m1/s1. The molecule has 6 rings (SSSR count). The monoisotopic (exact) mass is 688 g/mol. The Kier molecular flexibility index (Phi) is 11.1. The van der Waals surface area contributed by atoms with E-state index in [1.165, 1.54) is 36.4 Å². The van der Waals surface area contributed by atoms with Gasteiger partial charge in [-0.3, -0.25) is 0 Å². The smallest absolute Gasteiger partial charge is 0.338 e. The Hall–Kier alpha value is -6.33. The summed E-state index contributed by atoms with van der Waals surface area (Å²) in [6, 6.07) is 32.1. The third-order valence-corrected chi connectivity index (χ3v) is 7.99. The van der Waals surface area contributed by atoms with Crippen LogP contribution in [0.5, 0.6) is 0 Å². The van der Waals surface area contributed by atoms with Crippen LogP contribution in [0.1, 0.15) is 47.9 Å². The van der Waals surface area contributed by atoms with Gasteiger partial charge in [-0.15, -0.1) is 0 Å². The average molecular weight is 689 g/mol. The molecule has 1 fully saturated rings. The first-order valence-electron chi connectivity index (χ1n) is 16.1. The van der Waals surface area contributed by atoms with E-state index in [2.05, 4.69) is 0 Å². The SMILES string of the molecule is O=C(O[C@@H]1O[C@H](COC(=O)c2ccccc2)[C@@H](OC(=O)c2ccccc2)[C@H](OC(=O)c2ccccc2)[C@H]1OC(=O)c1ccccc1)C1=CC=CC1. The zero-order valence-corrected chi connectivity index (χ0v) is 27.1. The van der Waals surface area contributed by atoms with Crippen molar-refractivity contribution in [3.8, 4) is 0 Å². The van der Waals surface area contributed by atoms with E-state index in [4.69, 9.17) is 28.4 Å². The zero-order chi connectivity index (χ0) is 35.6. The molecule has 0 saturated carbocycles. The van der Waals surface area contributed by atoms with Crippen molar-refractivity contribution in [1.29, 1.82) is 0 Å². The second-order valence-electron chi connectivity index (χ2n) is 11.4. The number of rotatable bonds is 11. The Morgan fingerprint density at radius 2 is 0.941 bits per heavy atom. The highest BCUT2D eigenvalue weighted by Crippen LogP contribution is 2.32. The molecule has 0 unspecified atom stereocenters. The number of benzene rings is 4. The molecule has 11 heteroatoms. The lowest BCUT2D eigenvalue weighted by atomic mass is 9.97. The van der Waals surface area contributed by atoms with Crippen molar-refractivity contribution >= 4 is 29.8 Å². The first-order valence-corrected chi connectivity index (χ1v) is 16.1. The van der Waals surface area contributed by atoms with E-state index >= 15 is 0 Å². The first kappa shape index (κ1) is 34.5. The van der Waals surface area contributed by atoms with E-state index in [1.54, 1.807) is 103 Å². The van der Waals surface area contributed by atoms with Gasteiger partial charge >= 0.3 is 29.8 Å². The number of carbonyl (C=O) groups excluding carboxylic acids is 5. The summed E-state index contributed by atoms with van der Waals surface area (Å²) in [6.45, 7) is -0.544. The minimum atomic E-state index is -1.72. The minimum Gasteiger partial charge on any atom is -0.459 e. The van der Waals surface area contributed by atoms with Gasteiger partial charge < -0.3 is 28.4 Å². The number of carbonyl (C=O) groups is 5. The van der Waals surface area contributed by atoms with Crippen LogP contribution < -0.4 is 0 Å². The molecule has 5 atom stereocenters. The van der Waals surface area contributed by atoms with E-state index in [0.29, 0.717) is 0 Å². The Labute approximate surface area is 293 Å². The van der Waals surface area contributed by atoms with Crippen LogP contribution in [0.15, 0.2) is 145 Å². The number of allylic oxidation sites excluding steroid dienone is 3. The molecule has 2 aliphatic rings. The molecule has 0 spiro atoms. The lowest BCUT2D eigenvalue weighted by Gasteiger charge is -2.44. The van der Waals surface area contributed by atoms with Crippen molar-refractivity contribution in [3.63, 3.8) is 0 Å². The topological polar surface area (TPSA) is 141 Å². The summed E-state index contributed by atoms with van der Waals surface area (Å²) in [7, 11) is 0. The van der Waals surface area contributed by atoms with Gasteiger partial charge in [0.25, 0.3) is 0 Å². The minimum absolute atomic E-state index is 0.132. The molecule has 0 bridgehead atoms. The van der Waals surface area contributed by atoms with Crippen LogP contribution in [-0.2, 0) is 33.2 Å². The van der Waals surface area contributed by atoms with Crippen molar-refractivity contribution in [3.05, 3.63) is 167 Å². The van der Waals surface area contributed by atoms with E-state index < -0.39 is 67.2 Å². The van der Waals surface area contributed by atoms with Gasteiger partial charge in [-0.25, -0.2) is 24.0 Å². The molecular weight excluding hydrogens is 656 g/mol. The first-order chi connectivity index (χ1) is 24.9. The summed E-state index contributed by atoms with van der Waals surface area (Å²) in [4.78, 5) is 67.2. The molecule has 258 valence electrons. The third kappa shape index (κ3) is 8.64. The fourth-order valence-corrected chi connectivity index (χ4v) is 5.40. The lowest BCUT2D eigenvalue weighted by molar-refractivity contribution is -0.289. The van der Waals surface area contributed by atoms with Crippen molar-refractivity contribution < 1.29 is 52.4 Å². The van der Waals surface area contributed by atoms with Gasteiger partial charge in [-0.05, 0) is 55.0 Å². The van der Waals surface area contributed by atoms with Gasteiger partial charge in [0.2, 0.25) is 12.4 Å².